The van der Waals surface area contributed by atoms with Gasteiger partial charge in [-0.05, 0) is 18.6 Å². The van der Waals surface area contributed by atoms with Crippen LogP contribution in [-0.4, -0.2) is 12.3 Å². The molecule has 0 fully saturated rings. The van der Waals surface area contributed by atoms with E-state index in [0.717, 1.165) is 6.29 Å². The number of anilines is 1. The third-order valence-electron chi connectivity index (χ3n) is 1.98. The molecule has 1 rings (SSSR count). The van der Waals surface area contributed by atoms with Gasteiger partial charge in [0.2, 0.25) is 0 Å². The van der Waals surface area contributed by atoms with Crippen LogP contribution in [-0.2, 0) is 4.79 Å². The Hall–Kier alpha value is -2.10. The predicted molar refractivity (Wildman–Crippen MR) is 63.0 cm³/mol. The smallest absolute Gasteiger partial charge is 0.314 e. The summed E-state index contributed by atoms with van der Waals surface area (Å²) in [6.07, 6.45) is 2.73. The zero-order chi connectivity index (χ0) is 11.8. The maximum atomic E-state index is 11.4. The molecule has 0 atom stereocenters. The van der Waals surface area contributed by atoms with E-state index in [2.05, 4.69) is 10.6 Å². The van der Waals surface area contributed by atoms with Gasteiger partial charge in [0.1, 0.15) is 6.29 Å². The number of allylic oxidation sites excluding steroid dienone is 1. The third-order valence-corrected chi connectivity index (χ3v) is 1.98. The van der Waals surface area contributed by atoms with Crippen molar-refractivity contribution in [3.8, 4) is 0 Å². The lowest BCUT2D eigenvalue weighted by Crippen LogP contribution is -2.24. The Morgan fingerprint density at radius 2 is 2.00 bits per heavy atom. The van der Waals surface area contributed by atoms with Gasteiger partial charge in [0, 0.05) is 17.5 Å². The number of carbonyl (C=O) groups excluding carboxylic acids is 2. The average Bonchev–Trinajstić information content (AvgIpc) is 2.31. The Balaban J connectivity index is 2.48. The van der Waals surface area contributed by atoms with Gasteiger partial charge in [0.25, 0.3) is 0 Å². The molecule has 0 saturated heterocycles. The molecule has 0 saturated carbocycles. The number of hydrogen-bond donors (Lipinski definition) is 2. The van der Waals surface area contributed by atoms with Crippen LogP contribution in [0.15, 0.2) is 42.1 Å². The fourth-order valence-corrected chi connectivity index (χ4v) is 1.07. The molecule has 84 valence electrons. The van der Waals surface area contributed by atoms with Crippen LogP contribution in [0.3, 0.4) is 0 Å². The van der Waals surface area contributed by atoms with Crippen LogP contribution in [0.5, 0.6) is 0 Å². The molecule has 0 aromatic heterocycles. The molecular formula is C12H14N2O2. The standard InChI is InChI=1S/C12H14N2O2/c1-2-10(9-15)8-13-12(16)14-11-6-4-3-5-7-11/h3-9H,2H2,1H3,(H2,13,14,16)/b10-8+. The van der Waals surface area contributed by atoms with Crippen molar-refractivity contribution in [2.75, 3.05) is 5.32 Å². The second kappa shape index (κ2) is 6.40. The Bertz CT molecular complexity index is 385. The van der Waals surface area contributed by atoms with E-state index in [0.29, 0.717) is 17.7 Å². The maximum absolute atomic E-state index is 11.4. The Kier molecular flexibility index (Phi) is 4.79. The fourth-order valence-electron chi connectivity index (χ4n) is 1.07. The van der Waals surface area contributed by atoms with E-state index in [-0.39, 0.29) is 6.03 Å². The molecule has 1 aromatic rings. The molecule has 0 aliphatic heterocycles. The summed E-state index contributed by atoms with van der Waals surface area (Å²) in [5, 5.41) is 5.12. The minimum absolute atomic E-state index is 0.362. The van der Waals surface area contributed by atoms with Crippen LogP contribution in [0.1, 0.15) is 13.3 Å². The molecule has 0 unspecified atom stereocenters. The first-order chi connectivity index (χ1) is 7.76. The molecule has 1 aromatic carbocycles. The Labute approximate surface area is 94.4 Å². The van der Waals surface area contributed by atoms with Crippen LogP contribution in [0.25, 0.3) is 0 Å². The topological polar surface area (TPSA) is 58.2 Å². The molecule has 0 aliphatic carbocycles. The molecule has 0 spiro atoms. The van der Waals surface area contributed by atoms with Crippen LogP contribution in [0, 0.1) is 0 Å². The van der Waals surface area contributed by atoms with Gasteiger partial charge in [-0.25, -0.2) is 4.79 Å². The molecule has 2 N–H and O–H groups in total. The van der Waals surface area contributed by atoms with Gasteiger partial charge in [0.05, 0.1) is 0 Å². The number of aldehydes is 1. The number of amides is 2. The molecule has 2 amide bonds. The Morgan fingerprint density at radius 1 is 1.31 bits per heavy atom. The fraction of sp³-hybridized carbons (Fsp3) is 0.167. The van der Waals surface area contributed by atoms with Crippen LogP contribution >= 0.6 is 0 Å². The number of para-hydroxylation sites is 1. The highest BCUT2D eigenvalue weighted by Gasteiger charge is 1.98. The lowest BCUT2D eigenvalue weighted by molar-refractivity contribution is -0.105. The first-order valence-electron chi connectivity index (χ1n) is 5.03. The quantitative estimate of drug-likeness (QED) is 0.601. The van der Waals surface area contributed by atoms with Crippen LogP contribution in [0.4, 0.5) is 10.5 Å². The van der Waals surface area contributed by atoms with Crippen molar-refractivity contribution in [2.24, 2.45) is 0 Å². The van der Waals surface area contributed by atoms with Gasteiger partial charge in [-0.1, -0.05) is 25.1 Å². The van der Waals surface area contributed by atoms with Crippen molar-refractivity contribution in [1.82, 2.24) is 5.32 Å². The second-order valence-corrected chi connectivity index (χ2v) is 3.16. The van der Waals surface area contributed by atoms with Crippen molar-refractivity contribution < 1.29 is 9.59 Å². The van der Waals surface area contributed by atoms with E-state index < -0.39 is 0 Å². The number of carbonyl (C=O) groups is 2. The van der Waals surface area contributed by atoms with E-state index in [1.165, 1.54) is 6.20 Å². The van der Waals surface area contributed by atoms with Crippen LogP contribution in [0.2, 0.25) is 0 Å². The number of urea groups is 1. The van der Waals surface area contributed by atoms with Crippen molar-refractivity contribution in [1.29, 1.82) is 0 Å². The molecule has 0 bridgehead atoms. The maximum Gasteiger partial charge on any atom is 0.323 e. The summed E-state index contributed by atoms with van der Waals surface area (Å²) in [6.45, 7) is 1.84. The van der Waals surface area contributed by atoms with Crippen LogP contribution < -0.4 is 10.6 Å². The summed E-state index contributed by atoms with van der Waals surface area (Å²) in [7, 11) is 0. The second-order valence-electron chi connectivity index (χ2n) is 3.16. The van der Waals surface area contributed by atoms with E-state index in [9.17, 15) is 9.59 Å². The van der Waals surface area contributed by atoms with E-state index in [4.69, 9.17) is 0 Å². The van der Waals surface area contributed by atoms with Crippen molar-refractivity contribution in [2.45, 2.75) is 13.3 Å². The molecule has 0 heterocycles. The van der Waals surface area contributed by atoms with Gasteiger partial charge < -0.3 is 10.6 Å². The van der Waals surface area contributed by atoms with Crippen molar-refractivity contribution in [3.63, 3.8) is 0 Å². The zero-order valence-electron chi connectivity index (χ0n) is 9.07. The highest BCUT2D eigenvalue weighted by molar-refractivity contribution is 5.90. The van der Waals surface area contributed by atoms with Gasteiger partial charge in [-0.3, -0.25) is 4.79 Å². The molecule has 4 nitrogen and oxygen atoms in total. The van der Waals surface area contributed by atoms with Gasteiger partial charge >= 0.3 is 6.03 Å². The Morgan fingerprint density at radius 3 is 2.56 bits per heavy atom. The normalized spacial score (nSPS) is 10.7. The highest BCUT2D eigenvalue weighted by Crippen LogP contribution is 2.04. The van der Waals surface area contributed by atoms with Gasteiger partial charge in [-0.15, -0.1) is 0 Å². The lowest BCUT2D eigenvalue weighted by Gasteiger charge is -2.04. The molecular weight excluding hydrogens is 204 g/mol. The first-order valence-corrected chi connectivity index (χ1v) is 5.03. The number of nitrogens with one attached hydrogen (secondary N) is 2. The minimum Gasteiger partial charge on any atom is -0.314 e. The predicted octanol–water partition coefficient (Wildman–Crippen LogP) is 2.30. The summed E-state index contributed by atoms with van der Waals surface area (Å²) >= 11 is 0. The number of rotatable bonds is 4. The molecule has 4 heteroatoms. The molecule has 0 aliphatic rings. The minimum atomic E-state index is -0.362. The van der Waals surface area contributed by atoms with E-state index in [1.54, 1.807) is 12.1 Å². The average molecular weight is 218 g/mol. The highest BCUT2D eigenvalue weighted by atomic mass is 16.2. The summed E-state index contributed by atoms with van der Waals surface area (Å²) in [5.41, 5.74) is 1.25. The number of hydrogen-bond acceptors (Lipinski definition) is 2. The van der Waals surface area contributed by atoms with Crippen molar-refractivity contribution >= 4 is 18.0 Å². The van der Waals surface area contributed by atoms with E-state index >= 15 is 0 Å². The monoisotopic (exact) mass is 218 g/mol. The van der Waals surface area contributed by atoms with Gasteiger partial charge in [-0.2, -0.15) is 0 Å². The summed E-state index contributed by atoms with van der Waals surface area (Å²) in [6, 6.07) is 8.72. The zero-order valence-corrected chi connectivity index (χ0v) is 9.07. The van der Waals surface area contributed by atoms with Crippen molar-refractivity contribution in [3.05, 3.63) is 42.1 Å². The third kappa shape index (κ3) is 3.96. The first kappa shape index (κ1) is 12.0. The molecule has 0 radical (unpaired) electrons. The SMILES string of the molecule is CC/C(C=O)=C\NC(=O)Nc1ccccc1. The largest absolute Gasteiger partial charge is 0.323 e. The van der Waals surface area contributed by atoms with E-state index in [1.807, 2.05) is 25.1 Å². The summed E-state index contributed by atoms with van der Waals surface area (Å²) in [4.78, 5) is 21.8. The molecule has 16 heavy (non-hydrogen) atoms. The number of benzene rings is 1. The summed E-state index contributed by atoms with van der Waals surface area (Å²) in [5.74, 6) is 0. The summed E-state index contributed by atoms with van der Waals surface area (Å²) < 4.78 is 0. The lowest BCUT2D eigenvalue weighted by atomic mass is 10.2. The van der Waals surface area contributed by atoms with Gasteiger partial charge in [0.15, 0.2) is 0 Å².